The summed E-state index contributed by atoms with van der Waals surface area (Å²) < 4.78 is 38.4. The van der Waals surface area contributed by atoms with E-state index in [0.717, 1.165) is 19.3 Å². The lowest BCUT2D eigenvalue weighted by Crippen LogP contribution is -2.35. The molecule has 0 spiro atoms. The molecule has 0 aromatic heterocycles. The Morgan fingerprint density at radius 2 is 1.75 bits per heavy atom. The van der Waals surface area contributed by atoms with E-state index in [0.29, 0.717) is 49.2 Å². The summed E-state index contributed by atoms with van der Waals surface area (Å²) in [4.78, 5) is 12.8. The second kappa shape index (κ2) is 11.2. The smallest absolute Gasteiger partial charge is 0.243 e. The summed E-state index contributed by atoms with van der Waals surface area (Å²) in [6.45, 7) is 5.80. The first kappa shape index (κ1) is 23.9. The summed E-state index contributed by atoms with van der Waals surface area (Å²) >= 11 is 0. The molecule has 2 N–H and O–H groups in total. The van der Waals surface area contributed by atoms with Crippen molar-refractivity contribution in [2.75, 3.05) is 43.5 Å². The van der Waals surface area contributed by atoms with Crippen LogP contribution in [-0.4, -0.2) is 51.5 Å². The number of carbonyl (C=O) groups excluding carboxylic acids is 1. The van der Waals surface area contributed by atoms with E-state index in [-0.39, 0.29) is 17.3 Å². The topological polar surface area (TPSA) is 97.0 Å². The molecule has 0 unspecified atom stereocenters. The predicted octanol–water partition coefficient (Wildman–Crippen LogP) is 3.71. The van der Waals surface area contributed by atoms with Crippen LogP contribution in [0.2, 0.25) is 0 Å². The number of rotatable bonds is 10. The van der Waals surface area contributed by atoms with E-state index in [2.05, 4.69) is 10.6 Å². The molecule has 0 aliphatic carbocycles. The number of piperidine rings is 1. The highest BCUT2D eigenvalue weighted by Crippen LogP contribution is 2.29. The van der Waals surface area contributed by atoms with Gasteiger partial charge in [0.25, 0.3) is 0 Å². The van der Waals surface area contributed by atoms with Crippen LogP contribution in [0.3, 0.4) is 0 Å². The van der Waals surface area contributed by atoms with E-state index >= 15 is 0 Å². The molecule has 3 rings (SSSR count). The Kier molecular flexibility index (Phi) is 8.35. The van der Waals surface area contributed by atoms with Gasteiger partial charge in [-0.3, -0.25) is 4.79 Å². The van der Waals surface area contributed by atoms with Crippen LogP contribution in [0.15, 0.2) is 47.4 Å². The summed E-state index contributed by atoms with van der Waals surface area (Å²) in [5, 5.41) is 5.83. The first-order valence-corrected chi connectivity index (χ1v) is 12.4. The van der Waals surface area contributed by atoms with Crippen LogP contribution in [-0.2, 0) is 14.8 Å². The Labute approximate surface area is 190 Å². The van der Waals surface area contributed by atoms with E-state index in [1.165, 1.54) is 4.31 Å². The second-order valence-corrected chi connectivity index (χ2v) is 9.36. The summed E-state index contributed by atoms with van der Waals surface area (Å²) in [5.74, 6) is 0.901. The minimum Gasteiger partial charge on any atom is -0.494 e. The average Bonchev–Trinajstić information content (AvgIpc) is 2.80. The zero-order chi connectivity index (χ0) is 23.0. The Hall–Kier alpha value is -2.78. The van der Waals surface area contributed by atoms with Crippen LogP contribution < -0.4 is 20.1 Å². The monoisotopic (exact) mass is 461 g/mol. The predicted molar refractivity (Wildman–Crippen MR) is 125 cm³/mol. The summed E-state index contributed by atoms with van der Waals surface area (Å²) in [6, 6.07) is 11.8. The molecule has 1 heterocycles. The Balaban J connectivity index is 1.65. The number of amides is 1. The van der Waals surface area contributed by atoms with Crippen molar-refractivity contribution in [1.29, 1.82) is 0 Å². The van der Waals surface area contributed by atoms with Crippen LogP contribution in [0.1, 0.15) is 33.1 Å². The molecule has 1 amide bonds. The van der Waals surface area contributed by atoms with Crippen LogP contribution in [0.5, 0.6) is 11.5 Å². The van der Waals surface area contributed by atoms with Crippen molar-refractivity contribution in [2.24, 2.45) is 0 Å². The van der Waals surface area contributed by atoms with E-state index in [1.54, 1.807) is 42.5 Å². The second-order valence-electron chi connectivity index (χ2n) is 7.42. The Morgan fingerprint density at radius 1 is 1.00 bits per heavy atom. The summed E-state index contributed by atoms with van der Waals surface area (Å²) in [6.07, 6.45) is 2.82. The van der Waals surface area contributed by atoms with Gasteiger partial charge in [-0.2, -0.15) is 4.31 Å². The minimum absolute atomic E-state index is 0.0301. The molecule has 2 aromatic rings. The van der Waals surface area contributed by atoms with Gasteiger partial charge in [-0.1, -0.05) is 12.5 Å². The van der Waals surface area contributed by atoms with Crippen LogP contribution >= 0.6 is 0 Å². The lowest BCUT2D eigenvalue weighted by molar-refractivity contribution is -0.114. The number of hydrogen-bond acceptors (Lipinski definition) is 6. The lowest BCUT2D eigenvalue weighted by Gasteiger charge is -2.26. The van der Waals surface area contributed by atoms with Crippen LogP contribution in [0, 0.1) is 0 Å². The maximum Gasteiger partial charge on any atom is 0.243 e. The van der Waals surface area contributed by atoms with Gasteiger partial charge in [0.1, 0.15) is 11.5 Å². The number of ether oxygens (including phenoxy) is 2. The van der Waals surface area contributed by atoms with Crippen molar-refractivity contribution in [3.63, 3.8) is 0 Å². The fourth-order valence-electron chi connectivity index (χ4n) is 3.54. The van der Waals surface area contributed by atoms with Gasteiger partial charge in [-0.25, -0.2) is 8.42 Å². The Bertz CT molecular complexity index is 1020. The van der Waals surface area contributed by atoms with E-state index in [1.807, 2.05) is 13.8 Å². The van der Waals surface area contributed by atoms with Crippen molar-refractivity contribution < 1.29 is 22.7 Å². The maximum atomic E-state index is 12.9. The zero-order valence-corrected chi connectivity index (χ0v) is 19.4. The van der Waals surface area contributed by atoms with Crippen molar-refractivity contribution in [3.8, 4) is 11.5 Å². The highest BCUT2D eigenvalue weighted by Gasteiger charge is 2.26. The van der Waals surface area contributed by atoms with Gasteiger partial charge in [-0.05, 0) is 57.0 Å². The van der Waals surface area contributed by atoms with E-state index in [9.17, 15) is 13.2 Å². The van der Waals surface area contributed by atoms with Gasteiger partial charge in [0, 0.05) is 24.8 Å². The number of nitrogens with zero attached hydrogens (tertiary/aromatic N) is 1. The van der Waals surface area contributed by atoms with Crippen molar-refractivity contribution >= 4 is 27.3 Å². The van der Waals surface area contributed by atoms with Gasteiger partial charge in [0.2, 0.25) is 15.9 Å². The van der Waals surface area contributed by atoms with Gasteiger partial charge in [0.05, 0.1) is 30.3 Å². The molecule has 9 heteroatoms. The normalized spacial score (nSPS) is 14.6. The van der Waals surface area contributed by atoms with Gasteiger partial charge in [-0.15, -0.1) is 0 Å². The molecule has 174 valence electrons. The molecular formula is C23H31N3O5S. The zero-order valence-electron chi connectivity index (χ0n) is 18.6. The van der Waals surface area contributed by atoms with E-state index < -0.39 is 10.0 Å². The van der Waals surface area contributed by atoms with Gasteiger partial charge in [0.15, 0.2) is 0 Å². The van der Waals surface area contributed by atoms with Crippen molar-refractivity contribution in [2.45, 2.75) is 38.0 Å². The molecule has 0 bridgehead atoms. The van der Waals surface area contributed by atoms with Crippen LogP contribution in [0.4, 0.5) is 11.4 Å². The number of nitrogens with one attached hydrogen (secondary N) is 2. The molecule has 0 atom stereocenters. The van der Waals surface area contributed by atoms with Gasteiger partial charge < -0.3 is 20.1 Å². The highest BCUT2D eigenvalue weighted by atomic mass is 32.2. The SMILES string of the molecule is CCOc1ccc(OCC)c(NC(=O)CNc2cccc(S(=O)(=O)N3CCCCC3)c2)c1. The number of benzene rings is 2. The molecule has 1 aliphatic heterocycles. The standard InChI is InChI=1S/C23H31N3O5S/c1-3-30-19-11-12-22(31-4-2)21(16-19)25-23(27)17-24-18-9-8-10-20(15-18)32(28,29)26-13-6-5-7-14-26/h8-12,15-16,24H,3-7,13-14,17H2,1-2H3,(H,25,27). The maximum absolute atomic E-state index is 12.9. The average molecular weight is 462 g/mol. The quantitative estimate of drug-likeness (QED) is 0.560. The van der Waals surface area contributed by atoms with Crippen molar-refractivity contribution in [1.82, 2.24) is 4.31 Å². The molecule has 2 aromatic carbocycles. The number of carbonyl (C=O) groups is 1. The molecule has 1 saturated heterocycles. The first-order chi connectivity index (χ1) is 15.4. The lowest BCUT2D eigenvalue weighted by atomic mass is 10.2. The van der Waals surface area contributed by atoms with E-state index in [4.69, 9.17) is 9.47 Å². The number of anilines is 2. The largest absolute Gasteiger partial charge is 0.494 e. The summed E-state index contributed by atoms with van der Waals surface area (Å²) in [7, 11) is -3.53. The third kappa shape index (κ3) is 6.14. The molecule has 1 aliphatic rings. The minimum atomic E-state index is -3.53. The summed E-state index contributed by atoms with van der Waals surface area (Å²) in [5.41, 5.74) is 1.08. The van der Waals surface area contributed by atoms with Crippen LogP contribution in [0.25, 0.3) is 0 Å². The van der Waals surface area contributed by atoms with Crippen molar-refractivity contribution in [3.05, 3.63) is 42.5 Å². The fraction of sp³-hybridized carbons (Fsp3) is 0.435. The molecule has 32 heavy (non-hydrogen) atoms. The molecular weight excluding hydrogens is 430 g/mol. The molecule has 8 nitrogen and oxygen atoms in total. The highest BCUT2D eigenvalue weighted by molar-refractivity contribution is 7.89. The molecule has 0 saturated carbocycles. The molecule has 0 radical (unpaired) electrons. The van der Waals surface area contributed by atoms with Gasteiger partial charge >= 0.3 is 0 Å². The number of hydrogen-bond donors (Lipinski definition) is 2. The number of sulfonamides is 1. The fourth-order valence-corrected chi connectivity index (χ4v) is 5.11. The third-order valence-corrected chi connectivity index (χ3v) is 6.97. The third-order valence-electron chi connectivity index (χ3n) is 5.08. The Morgan fingerprint density at radius 3 is 2.47 bits per heavy atom. The molecule has 1 fully saturated rings. The first-order valence-electron chi connectivity index (χ1n) is 11.0.